The first-order valence-corrected chi connectivity index (χ1v) is 14.6. The number of ether oxygens (including phenoxy) is 4. The molecule has 1 fully saturated rings. The number of hydrogen-bond donors (Lipinski definition) is 2. The summed E-state index contributed by atoms with van der Waals surface area (Å²) in [4.78, 5) is 40.7. The van der Waals surface area contributed by atoms with Gasteiger partial charge >= 0.3 is 0 Å². The van der Waals surface area contributed by atoms with Crippen LogP contribution >= 0.6 is 0 Å². The second-order valence-electron chi connectivity index (χ2n) is 11.0. The molecule has 4 bridgehead atoms. The standard InChI is InChI=1S/C32H38N4O8/c1-19-24(20(2)44-35-19)9-12-32(39)36-16-25-29(17-36)43-23-8-7-22(27(14-23)40-3)15-33-30(37)11-6-21-5-10-26(28(13-21)41-4)42-18-31(38)34-25/h5,7-8,10,13-14,25,29H,6,9,11-12,15-18H2,1-4H3,(H,33,37)(H,34,38)/t25-,29-/m1/s1. The van der Waals surface area contributed by atoms with Gasteiger partial charge in [-0.05, 0) is 56.5 Å². The molecule has 2 aromatic carbocycles. The number of rotatable bonds is 5. The van der Waals surface area contributed by atoms with Gasteiger partial charge in [-0.15, -0.1) is 0 Å². The Bertz CT molecular complexity index is 1500. The summed E-state index contributed by atoms with van der Waals surface area (Å²) in [7, 11) is 3.07. The molecule has 0 unspecified atom stereocenters. The number of hydrogen-bond acceptors (Lipinski definition) is 9. The molecule has 3 aromatic rings. The smallest absolute Gasteiger partial charge is 0.258 e. The van der Waals surface area contributed by atoms with Crippen LogP contribution in [0.2, 0.25) is 0 Å². The zero-order chi connectivity index (χ0) is 31.2. The minimum atomic E-state index is -0.531. The Morgan fingerprint density at radius 3 is 2.59 bits per heavy atom. The molecule has 0 spiro atoms. The Balaban J connectivity index is 1.37. The van der Waals surface area contributed by atoms with Crippen LogP contribution in [-0.4, -0.2) is 73.8 Å². The van der Waals surface area contributed by atoms with Crippen molar-refractivity contribution in [1.29, 1.82) is 0 Å². The summed E-state index contributed by atoms with van der Waals surface area (Å²) in [5.41, 5.74) is 3.39. The summed E-state index contributed by atoms with van der Waals surface area (Å²) in [6.07, 6.45) is 1.03. The molecule has 3 amide bonds. The van der Waals surface area contributed by atoms with E-state index in [1.165, 1.54) is 7.11 Å². The second kappa shape index (κ2) is 13.7. The Morgan fingerprint density at radius 1 is 1.02 bits per heavy atom. The molecule has 12 heteroatoms. The predicted molar refractivity (Wildman–Crippen MR) is 159 cm³/mol. The van der Waals surface area contributed by atoms with Crippen LogP contribution < -0.4 is 29.6 Å². The van der Waals surface area contributed by atoms with Gasteiger partial charge < -0.3 is 39.0 Å². The van der Waals surface area contributed by atoms with Crippen LogP contribution in [0.4, 0.5) is 0 Å². The third kappa shape index (κ3) is 7.24. The van der Waals surface area contributed by atoms with E-state index < -0.39 is 12.1 Å². The lowest BCUT2D eigenvalue weighted by molar-refractivity contribution is -0.130. The van der Waals surface area contributed by atoms with Crippen molar-refractivity contribution in [3.8, 4) is 23.0 Å². The van der Waals surface area contributed by atoms with Crippen molar-refractivity contribution in [1.82, 2.24) is 20.7 Å². The number of carbonyl (C=O) groups is 3. The zero-order valence-corrected chi connectivity index (χ0v) is 25.4. The lowest BCUT2D eigenvalue weighted by atomic mass is 10.1. The molecule has 8 rings (SSSR count). The van der Waals surface area contributed by atoms with E-state index in [0.29, 0.717) is 41.6 Å². The highest BCUT2D eigenvalue weighted by atomic mass is 16.5. The summed E-state index contributed by atoms with van der Waals surface area (Å²) in [6.45, 7) is 4.27. The van der Waals surface area contributed by atoms with Gasteiger partial charge in [0, 0.05) is 43.1 Å². The molecule has 5 aliphatic heterocycles. The Morgan fingerprint density at radius 2 is 1.84 bits per heavy atom. The molecule has 12 nitrogen and oxygen atoms in total. The maximum absolute atomic E-state index is 13.3. The molecular formula is C32H38N4O8. The SMILES string of the molecule is COc1cc2ccc1CNC(=O)CCc1ccc(c(OC)c1)OCC(=O)N[C@@H]1CN(C(=O)CCc3c(C)noc3C)C[C@H]1O2. The number of aryl methyl sites for hydroxylation is 3. The van der Waals surface area contributed by atoms with E-state index in [9.17, 15) is 14.4 Å². The van der Waals surface area contributed by atoms with Crippen molar-refractivity contribution in [2.45, 2.75) is 58.2 Å². The second-order valence-corrected chi connectivity index (χ2v) is 11.0. The highest BCUT2D eigenvalue weighted by Gasteiger charge is 2.38. The molecule has 0 radical (unpaired) electrons. The van der Waals surface area contributed by atoms with E-state index >= 15 is 0 Å². The average molecular weight is 607 g/mol. The van der Waals surface area contributed by atoms with Crippen LogP contribution in [0.3, 0.4) is 0 Å². The minimum Gasteiger partial charge on any atom is -0.496 e. The van der Waals surface area contributed by atoms with Crippen LogP contribution in [0.25, 0.3) is 0 Å². The van der Waals surface area contributed by atoms with Crippen LogP contribution in [0.5, 0.6) is 23.0 Å². The largest absolute Gasteiger partial charge is 0.496 e. The van der Waals surface area contributed by atoms with Crippen molar-refractivity contribution in [2.24, 2.45) is 0 Å². The molecular weight excluding hydrogens is 568 g/mol. The maximum atomic E-state index is 13.3. The average Bonchev–Trinajstić information content (AvgIpc) is 3.57. The van der Waals surface area contributed by atoms with Gasteiger partial charge in [0.15, 0.2) is 18.1 Å². The van der Waals surface area contributed by atoms with Gasteiger partial charge in [0.05, 0.1) is 32.5 Å². The Kier molecular flexibility index (Phi) is 9.56. The van der Waals surface area contributed by atoms with Gasteiger partial charge in [0.2, 0.25) is 11.8 Å². The van der Waals surface area contributed by atoms with E-state index in [1.54, 1.807) is 36.3 Å². The van der Waals surface area contributed by atoms with Crippen molar-refractivity contribution < 1.29 is 37.9 Å². The first kappa shape index (κ1) is 30.7. The zero-order valence-electron chi connectivity index (χ0n) is 25.4. The normalized spacial score (nSPS) is 19.0. The molecule has 2 N–H and O–H groups in total. The summed E-state index contributed by atoms with van der Waals surface area (Å²) in [5.74, 6) is 2.11. The van der Waals surface area contributed by atoms with Crippen molar-refractivity contribution in [3.05, 3.63) is 64.5 Å². The molecule has 234 valence electrons. The van der Waals surface area contributed by atoms with E-state index in [2.05, 4.69) is 15.8 Å². The molecule has 5 aliphatic rings. The number of nitrogens with one attached hydrogen (secondary N) is 2. The maximum Gasteiger partial charge on any atom is 0.258 e. The molecule has 1 saturated heterocycles. The Hall–Kier alpha value is -4.74. The molecule has 6 heterocycles. The summed E-state index contributed by atoms with van der Waals surface area (Å²) >= 11 is 0. The molecule has 0 saturated carbocycles. The fourth-order valence-electron chi connectivity index (χ4n) is 5.52. The molecule has 1 aromatic heterocycles. The van der Waals surface area contributed by atoms with Crippen LogP contribution in [-0.2, 0) is 33.8 Å². The molecule has 0 aliphatic carbocycles. The highest BCUT2D eigenvalue weighted by molar-refractivity contribution is 5.79. The van der Waals surface area contributed by atoms with Gasteiger partial charge in [0.25, 0.3) is 5.91 Å². The van der Waals surface area contributed by atoms with Gasteiger partial charge in [-0.1, -0.05) is 11.2 Å². The predicted octanol–water partition coefficient (Wildman–Crippen LogP) is 2.66. The quantitative estimate of drug-likeness (QED) is 0.448. The fraction of sp³-hybridized carbons (Fsp3) is 0.438. The van der Waals surface area contributed by atoms with E-state index in [1.807, 2.05) is 26.0 Å². The van der Waals surface area contributed by atoms with Crippen LogP contribution in [0, 0.1) is 13.8 Å². The molecule has 44 heavy (non-hydrogen) atoms. The van der Waals surface area contributed by atoms with Crippen LogP contribution in [0.1, 0.15) is 41.0 Å². The van der Waals surface area contributed by atoms with E-state index in [4.69, 9.17) is 23.5 Å². The van der Waals surface area contributed by atoms with Gasteiger partial charge in [-0.3, -0.25) is 14.4 Å². The third-order valence-electron chi connectivity index (χ3n) is 7.98. The van der Waals surface area contributed by atoms with E-state index in [-0.39, 0.29) is 56.8 Å². The van der Waals surface area contributed by atoms with Crippen molar-refractivity contribution >= 4 is 17.7 Å². The van der Waals surface area contributed by atoms with Gasteiger partial charge in [-0.2, -0.15) is 0 Å². The molecule has 2 atom stereocenters. The topological polar surface area (TPSA) is 141 Å². The summed E-state index contributed by atoms with van der Waals surface area (Å²) in [6, 6.07) is 10.2. The lowest BCUT2D eigenvalue weighted by Gasteiger charge is -2.22. The number of carbonyl (C=O) groups excluding carboxylic acids is 3. The Labute approximate surface area is 256 Å². The van der Waals surface area contributed by atoms with Crippen LogP contribution in [0.15, 0.2) is 40.9 Å². The summed E-state index contributed by atoms with van der Waals surface area (Å²) < 4.78 is 28.5. The number of benzene rings is 2. The third-order valence-corrected chi connectivity index (χ3v) is 7.98. The van der Waals surface area contributed by atoms with E-state index in [0.717, 1.165) is 22.4 Å². The minimum absolute atomic E-state index is 0.0642. The number of methoxy groups -OCH3 is 2. The first-order chi connectivity index (χ1) is 21.2. The lowest BCUT2D eigenvalue weighted by Crippen LogP contribution is -2.46. The van der Waals surface area contributed by atoms with Gasteiger partial charge in [0.1, 0.15) is 23.4 Å². The van der Waals surface area contributed by atoms with Crippen molar-refractivity contribution in [3.63, 3.8) is 0 Å². The highest BCUT2D eigenvalue weighted by Crippen LogP contribution is 2.30. The monoisotopic (exact) mass is 606 g/mol. The number of likely N-dealkylation sites (tertiary alicyclic amines) is 1. The first-order valence-electron chi connectivity index (χ1n) is 14.6. The van der Waals surface area contributed by atoms with Gasteiger partial charge in [-0.25, -0.2) is 0 Å². The fourth-order valence-corrected chi connectivity index (χ4v) is 5.52. The number of amides is 3. The van der Waals surface area contributed by atoms with Crippen molar-refractivity contribution in [2.75, 3.05) is 33.9 Å². The number of nitrogens with zero attached hydrogens (tertiary/aromatic N) is 2. The summed E-state index contributed by atoms with van der Waals surface area (Å²) in [5, 5.41) is 9.92. The number of aromatic nitrogens is 1.